The van der Waals surface area contributed by atoms with Crippen molar-refractivity contribution in [2.75, 3.05) is 19.7 Å². The van der Waals surface area contributed by atoms with Crippen LogP contribution in [0.3, 0.4) is 0 Å². The lowest BCUT2D eigenvalue weighted by Crippen LogP contribution is -2.35. The van der Waals surface area contributed by atoms with Crippen molar-refractivity contribution >= 4 is 5.91 Å². The highest BCUT2D eigenvalue weighted by Gasteiger charge is 2.32. The van der Waals surface area contributed by atoms with Gasteiger partial charge in [-0.1, -0.05) is 12.2 Å². The highest BCUT2D eigenvalue weighted by Crippen LogP contribution is 2.30. The first-order valence-electron chi connectivity index (χ1n) is 7.38. The summed E-state index contributed by atoms with van der Waals surface area (Å²) in [5.41, 5.74) is 0. The van der Waals surface area contributed by atoms with Gasteiger partial charge in [-0.05, 0) is 44.4 Å². The number of amides is 1. The molecule has 0 spiro atoms. The predicted octanol–water partition coefficient (Wildman–Crippen LogP) is 2.37. The Balaban J connectivity index is 1.45. The summed E-state index contributed by atoms with van der Waals surface area (Å²) in [6.07, 6.45) is 11.4. The summed E-state index contributed by atoms with van der Waals surface area (Å²) in [7, 11) is 0. The number of ether oxygens (including phenoxy) is 1. The van der Waals surface area contributed by atoms with E-state index < -0.39 is 0 Å². The summed E-state index contributed by atoms with van der Waals surface area (Å²) in [5.74, 6) is 1.41. The number of nitrogens with zero attached hydrogens (tertiary/aromatic N) is 1. The number of carbonyl (C=O) groups excluding carboxylic acids is 1. The quantitative estimate of drug-likeness (QED) is 0.716. The molecule has 1 amide bonds. The Bertz CT molecular complexity index is 335. The zero-order valence-electron chi connectivity index (χ0n) is 11.0. The van der Waals surface area contributed by atoms with Gasteiger partial charge in [-0.3, -0.25) is 4.79 Å². The maximum absolute atomic E-state index is 12.3. The summed E-state index contributed by atoms with van der Waals surface area (Å²) in [6, 6.07) is 0. The van der Waals surface area contributed by atoms with Gasteiger partial charge < -0.3 is 9.64 Å². The Labute approximate surface area is 109 Å². The van der Waals surface area contributed by atoms with Crippen molar-refractivity contribution in [3.05, 3.63) is 12.2 Å². The molecule has 0 N–H and O–H groups in total. The van der Waals surface area contributed by atoms with E-state index >= 15 is 0 Å². The Morgan fingerprint density at radius 2 is 2.11 bits per heavy atom. The van der Waals surface area contributed by atoms with Crippen LogP contribution in [0.5, 0.6) is 0 Å². The van der Waals surface area contributed by atoms with E-state index in [1.54, 1.807) is 0 Å². The number of hydrogen-bond acceptors (Lipinski definition) is 2. The molecule has 3 nitrogen and oxygen atoms in total. The standard InChI is InChI=1S/C15H23NO2/c17-15(13-4-2-1-3-5-13)16-9-8-14(10-16)18-11-12-6-7-12/h1-2,12-14H,3-11H2/t13-,14+/m1/s1. The predicted molar refractivity (Wildman–Crippen MR) is 70.1 cm³/mol. The third kappa shape index (κ3) is 2.94. The molecule has 0 unspecified atom stereocenters. The molecule has 1 saturated heterocycles. The van der Waals surface area contributed by atoms with Crippen molar-refractivity contribution in [1.29, 1.82) is 0 Å². The van der Waals surface area contributed by atoms with Gasteiger partial charge in [0.05, 0.1) is 6.10 Å². The fourth-order valence-corrected chi connectivity index (χ4v) is 2.90. The third-order valence-corrected chi connectivity index (χ3v) is 4.34. The van der Waals surface area contributed by atoms with Gasteiger partial charge in [0.15, 0.2) is 0 Å². The molecule has 1 heterocycles. The van der Waals surface area contributed by atoms with Gasteiger partial charge in [-0.2, -0.15) is 0 Å². The van der Waals surface area contributed by atoms with Gasteiger partial charge in [0, 0.05) is 25.6 Å². The second kappa shape index (κ2) is 5.43. The van der Waals surface area contributed by atoms with E-state index in [0.717, 1.165) is 51.3 Å². The van der Waals surface area contributed by atoms with E-state index in [9.17, 15) is 4.79 Å². The zero-order valence-corrected chi connectivity index (χ0v) is 11.0. The molecular formula is C15H23NO2. The lowest BCUT2D eigenvalue weighted by atomic mass is 9.93. The van der Waals surface area contributed by atoms with Crippen LogP contribution in [0.25, 0.3) is 0 Å². The first-order valence-corrected chi connectivity index (χ1v) is 7.38. The molecule has 0 bridgehead atoms. The molecule has 0 aromatic heterocycles. The van der Waals surface area contributed by atoms with Crippen molar-refractivity contribution in [2.45, 2.75) is 44.6 Å². The van der Waals surface area contributed by atoms with Crippen molar-refractivity contribution in [3.8, 4) is 0 Å². The van der Waals surface area contributed by atoms with Crippen LogP contribution in [0.2, 0.25) is 0 Å². The number of hydrogen-bond donors (Lipinski definition) is 0. The first-order chi connectivity index (χ1) is 8.83. The maximum atomic E-state index is 12.3. The second-order valence-electron chi connectivity index (χ2n) is 5.95. The van der Waals surface area contributed by atoms with Crippen molar-refractivity contribution in [1.82, 2.24) is 4.90 Å². The Kier molecular flexibility index (Phi) is 3.69. The molecule has 3 rings (SSSR count). The summed E-state index contributed by atoms with van der Waals surface area (Å²) >= 11 is 0. The number of carbonyl (C=O) groups is 1. The van der Waals surface area contributed by atoms with Crippen LogP contribution < -0.4 is 0 Å². The topological polar surface area (TPSA) is 29.5 Å². The molecule has 0 radical (unpaired) electrons. The fraction of sp³-hybridized carbons (Fsp3) is 0.800. The van der Waals surface area contributed by atoms with Gasteiger partial charge in [-0.25, -0.2) is 0 Å². The van der Waals surface area contributed by atoms with Gasteiger partial charge in [0.2, 0.25) is 5.91 Å². The molecule has 2 atom stereocenters. The van der Waals surface area contributed by atoms with Crippen LogP contribution in [0.1, 0.15) is 38.5 Å². The van der Waals surface area contributed by atoms with Crippen LogP contribution >= 0.6 is 0 Å². The first kappa shape index (κ1) is 12.2. The highest BCUT2D eigenvalue weighted by atomic mass is 16.5. The minimum atomic E-state index is 0.234. The molecular weight excluding hydrogens is 226 g/mol. The number of rotatable bonds is 4. The minimum absolute atomic E-state index is 0.234. The molecule has 1 saturated carbocycles. The summed E-state index contributed by atoms with van der Waals surface area (Å²) in [4.78, 5) is 14.4. The Morgan fingerprint density at radius 1 is 1.22 bits per heavy atom. The Hall–Kier alpha value is -0.830. The van der Waals surface area contributed by atoms with Crippen molar-refractivity contribution in [2.24, 2.45) is 11.8 Å². The van der Waals surface area contributed by atoms with Crippen molar-refractivity contribution < 1.29 is 9.53 Å². The number of likely N-dealkylation sites (tertiary alicyclic amines) is 1. The van der Waals surface area contributed by atoms with Gasteiger partial charge in [0.1, 0.15) is 0 Å². The molecule has 1 aliphatic heterocycles. The molecule has 2 aliphatic carbocycles. The van der Waals surface area contributed by atoms with E-state index in [-0.39, 0.29) is 5.92 Å². The lowest BCUT2D eigenvalue weighted by Gasteiger charge is -2.24. The monoisotopic (exact) mass is 249 g/mol. The average molecular weight is 249 g/mol. The summed E-state index contributed by atoms with van der Waals surface area (Å²) in [6.45, 7) is 2.64. The normalized spacial score (nSPS) is 31.9. The molecule has 18 heavy (non-hydrogen) atoms. The van der Waals surface area contributed by atoms with E-state index in [4.69, 9.17) is 4.74 Å². The lowest BCUT2D eigenvalue weighted by molar-refractivity contribution is -0.135. The van der Waals surface area contributed by atoms with Crippen molar-refractivity contribution in [3.63, 3.8) is 0 Å². The molecule has 3 aliphatic rings. The molecule has 3 heteroatoms. The van der Waals surface area contributed by atoms with Crippen LogP contribution in [-0.4, -0.2) is 36.6 Å². The van der Waals surface area contributed by atoms with Crippen LogP contribution in [0.4, 0.5) is 0 Å². The summed E-state index contributed by atoms with van der Waals surface area (Å²) < 4.78 is 5.89. The molecule has 0 aromatic carbocycles. The second-order valence-corrected chi connectivity index (χ2v) is 5.95. The fourth-order valence-electron chi connectivity index (χ4n) is 2.90. The van der Waals surface area contributed by atoms with Gasteiger partial charge >= 0.3 is 0 Å². The highest BCUT2D eigenvalue weighted by molar-refractivity contribution is 5.79. The van der Waals surface area contributed by atoms with Crippen LogP contribution in [0.15, 0.2) is 12.2 Å². The van der Waals surface area contributed by atoms with Gasteiger partial charge in [-0.15, -0.1) is 0 Å². The maximum Gasteiger partial charge on any atom is 0.226 e. The van der Waals surface area contributed by atoms with Gasteiger partial charge in [0.25, 0.3) is 0 Å². The summed E-state index contributed by atoms with van der Waals surface area (Å²) in [5, 5.41) is 0. The largest absolute Gasteiger partial charge is 0.376 e. The SMILES string of the molecule is O=C([C@@H]1CC=CCC1)N1CC[C@H](OCC2CC2)C1. The molecule has 2 fully saturated rings. The number of allylic oxidation sites excluding steroid dienone is 2. The van der Waals surface area contributed by atoms with E-state index in [2.05, 4.69) is 12.2 Å². The van der Waals surface area contributed by atoms with E-state index in [0.29, 0.717) is 12.0 Å². The Morgan fingerprint density at radius 3 is 2.83 bits per heavy atom. The van der Waals surface area contributed by atoms with E-state index in [1.165, 1.54) is 12.8 Å². The zero-order chi connectivity index (χ0) is 12.4. The van der Waals surface area contributed by atoms with E-state index in [1.807, 2.05) is 4.90 Å². The average Bonchev–Trinajstić information content (AvgIpc) is 3.14. The van der Waals surface area contributed by atoms with Crippen LogP contribution in [0, 0.1) is 11.8 Å². The minimum Gasteiger partial charge on any atom is -0.376 e. The smallest absolute Gasteiger partial charge is 0.226 e. The third-order valence-electron chi connectivity index (χ3n) is 4.34. The molecule has 0 aromatic rings. The molecule has 100 valence electrons. The van der Waals surface area contributed by atoms with Crippen LogP contribution in [-0.2, 0) is 9.53 Å².